The van der Waals surface area contributed by atoms with Crippen molar-refractivity contribution in [2.75, 3.05) is 26.2 Å². The molecule has 0 aromatic carbocycles. The fourth-order valence-electron chi connectivity index (χ4n) is 2.61. The van der Waals surface area contributed by atoms with Crippen LogP contribution in [0.5, 0.6) is 0 Å². The van der Waals surface area contributed by atoms with Crippen LogP contribution in [0.25, 0.3) is 0 Å². The van der Waals surface area contributed by atoms with Crippen LogP contribution in [-0.4, -0.2) is 48.2 Å². The highest BCUT2D eigenvalue weighted by Crippen LogP contribution is 2.19. The predicted molar refractivity (Wildman–Crippen MR) is 84.4 cm³/mol. The zero-order chi connectivity index (χ0) is 15.1. The van der Waals surface area contributed by atoms with Crippen LogP contribution in [0.4, 0.5) is 0 Å². The van der Waals surface area contributed by atoms with E-state index < -0.39 is 0 Å². The second kappa shape index (κ2) is 8.08. The Morgan fingerprint density at radius 2 is 2.48 bits per heavy atom. The van der Waals surface area contributed by atoms with E-state index in [9.17, 15) is 5.11 Å². The van der Waals surface area contributed by atoms with Gasteiger partial charge in [-0.05, 0) is 31.9 Å². The first-order chi connectivity index (χ1) is 10.2. The maximum atomic E-state index is 9.73. The van der Waals surface area contributed by atoms with Crippen LogP contribution in [0.1, 0.15) is 32.4 Å². The summed E-state index contributed by atoms with van der Waals surface area (Å²) in [6, 6.07) is 3.90. The quantitative estimate of drug-likeness (QED) is 0.621. The van der Waals surface area contributed by atoms with Crippen molar-refractivity contribution in [1.29, 1.82) is 0 Å². The van der Waals surface area contributed by atoms with Gasteiger partial charge in [0.25, 0.3) is 0 Å². The van der Waals surface area contributed by atoms with Crippen LogP contribution >= 0.6 is 0 Å². The molecule has 0 aliphatic carbocycles. The molecule has 21 heavy (non-hydrogen) atoms. The fraction of sp³-hybridized carbons (Fsp3) is 0.688. The molecule has 0 amide bonds. The number of aliphatic hydroxyl groups excluding tert-OH is 1. The first-order valence-corrected chi connectivity index (χ1v) is 7.94. The summed E-state index contributed by atoms with van der Waals surface area (Å²) in [6.07, 6.45) is 4.38. The summed E-state index contributed by atoms with van der Waals surface area (Å²) in [5, 5.41) is 13.2. The van der Waals surface area contributed by atoms with Crippen molar-refractivity contribution in [2.24, 2.45) is 10.9 Å². The Bertz CT molecular complexity index is 429. The number of aliphatic imine (C=N–C) groups is 1. The Balaban J connectivity index is 1.86. The molecule has 1 saturated heterocycles. The van der Waals surface area contributed by atoms with E-state index in [2.05, 4.69) is 22.1 Å². The average molecular weight is 293 g/mol. The van der Waals surface area contributed by atoms with E-state index in [1.165, 1.54) is 0 Å². The van der Waals surface area contributed by atoms with Gasteiger partial charge in [-0.25, -0.2) is 0 Å². The minimum absolute atomic E-state index is 0.245. The largest absolute Gasteiger partial charge is 0.469 e. The van der Waals surface area contributed by atoms with Crippen molar-refractivity contribution < 1.29 is 9.52 Å². The Labute approximate surface area is 127 Å². The second-order valence-corrected chi connectivity index (χ2v) is 5.70. The van der Waals surface area contributed by atoms with E-state index in [0.29, 0.717) is 5.92 Å². The topological polar surface area (TPSA) is 61.0 Å². The van der Waals surface area contributed by atoms with Crippen LogP contribution in [0.3, 0.4) is 0 Å². The van der Waals surface area contributed by atoms with Crippen molar-refractivity contribution >= 4 is 5.96 Å². The molecular weight excluding hydrogens is 266 g/mol. The highest BCUT2D eigenvalue weighted by atomic mass is 16.3. The van der Waals surface area contributed by atoms with Crippen molar-refractivity contribution in [3.63, 3.8) is 0 Å². The molecule has 2 heterocycles. The molecule has 5 nitrogen and oxygen atoms in total. The first kappa shape index (κ1) is 15.9. The molecule has 0 saturated carbocycles. The summed E-state index contributed by atoms with van der Waals surface area (Å²) in [7, 11) is 0. The summed E-state index contributed by atoms with van der Waals surface area (Å²) in [5.41, 5.74) is 0. The highest BCUT2D eigenvalue weighted by molar-refractivity contribution is 5.80. The molecule has 2 N–H and O–H groups in total. The number of aliphatic hydroxyl groups is 1. The van der Waals surface area contributed by atoms with E-state index in [0.717, 1.165) is 57.2 Å². The van der Waals surface area contributed by atoms with E-state index >= 15 is 0 Å². The summed E-state index contributed by atoms with van der Waals surface area (Å²) in [5.74, 6) is 2.30. The van der Waals surface area contributed by atoms with Crippen LogP contribution < -0.4 is 5.32 Å². The van der Waals surface area contributed by atoms with Gasteiger partial charge in [-0.3, -0.25) is 4.99 Å². The lowest BCUT2D eigenvalue weighted by Crippen LogP contribution is -2.41. The molecule has 2 unspecified atom stereocenters. The molecule has 2 rings (SSSR count). The molecule has 0 radical (unpaired) electrons. The van der Waals surface area contributed by atoms with Crippen LogP contribution in [0, 0.1) is 5.92 Å². The molecule has 5 heteroatoms. The molecule has 1 aromatic rings. The standard InChI is InChI=1S/C16H27N3O2/c1-3-8-17-16(18-9-6-15-5-4-11-21-15)19-10-7-14(12-19)13(2)20/h4-5,11,13-14,20H,3,6-10,12H2,1-2H3,(H,17,18). The molecule has 118 valence electrons. The molecule has 0 bridgehead atoms. The Kier molecular flexibility index (Phi) is 6.11. The van der Waals surface area contributed by atoms with Crippen molar-refractivity contribution in [2.45, 2.75) is 39.2 Å². The van der Waals surface area contributed by atoms with Crippen LogP contribution in [0.15, 0.2) is 27.8 Å². The van der Waals surface area contributed by atoms with Gasteiger partial charge in [0.2, 0.25) is 0 Å². The van der Waals surface area contributed by atoms with Gasteiger partial charge in [-0.15, -0.1) is 0 Å². The summed E-state index contributed by atoms with van der Waals surface area (Å²) >= 11 is 0. The zero-order valence-corrected chi connectivity index (χ0v) is 13.1. The highest BCUT2D eigenvalue weighted by Gasteiger charge is 2.27. The van der Waals surface area contributed by atoms with Gasteiger partial charge < -0.3 is 19.7 Å². The lowest BCUT2D eigenvalue weighted by atomic mass is 10.0. The van der Waals surface area contributed by atoms with Gasteiger partial charge in [-0.2, -0.15) is 0 Å². The SMILES string of the molecule is CCCN=C(NCCc1ccco1)N1CCC(C(C)O)C1. The lowest BCUT2D eigenvalue weighted by molar-refractivity contribution is 0.132. The molecule has 2 atom stereocenters. The number of likely N-dealkylation sites (tertiary alicyclic amines) is 1. The third kappa shape index (κ3) is 4.77. The molecular formula is C16H27N3O2. The third-order valence-corrected chi connectivity index (χ3v) is 3.93. The van der Waals surface area contributed by atoms with Crippen molar-refractivity contribution in [1.82, 2.24) is 10.2 Å². The number of hydrogen-bond acceptors (Lipinski definition) is 3. The van der Waals surface area contributed by atoms with E-state index in [4.69, 9.17) is 4.42 Å². The molecule has 1 aliphatic rings. The molecule has 1 aromatic heterocycles. The van der Waals surface area contributed by atoms with Gasteiger partial charge in [0.1, 0.15) is 5.76 Å². The maximum absolute atomic E-state index is 9.73. The Morgan fingerprint density at radius 1 is 1.62 bits per heavy atom. The van der Waals surface area contributed by atoms with Gasteiger partial charge in [0, 0.05) is 38.5 Å². The summed E-state index contributed by atoms with van der Waals surface area (Å²) in [6.45, 7) is 7.50. The minimum atomic E-state index is -0.245. The Hall–Kier alpha value is -1.49. The number of furan rings is 1. The summed E-state index contributed by atoms with van der Waals surface area (Å²) in [4.78, 5) is 6.92. The van der Waals surface area contributed by atoms with E-state index in [1.807, 2.05) is 19.1 Å². The third-order valence-electron chi connectivity index (χ3n) is 3.93. The van der Waals surface area contributed by atoms with Gasteiger partial charge in [0.15, 0.2) is 5.96 Å². The average Bonchev–Trinajstić information content (AvgIpc) is 3.13. The van der Waals surface area contributed by atoms with Crippen LogP contribution in [0.2, 0.25) is 0 Å². The normalized spacial score (nSPS) is 20.8. The number of nitrogens with one attached hydrogen (secondary N) is 1. The minimum Gasteiger partial charge on any atom is -0.469 e. The molecule has 1 aliphatic heterocycles. The Morgan fingerprint density at radius 3 is 3.10 bits per heavy atom. The zero-order valence-electron chi connectivity index (χ0n) is 13.1. The first-order valence-electron chi connectivity index (χ1n) is 7.94. The van der Waals surface area contributed by atoms with E-state index in [-0.39, 0.29) is 6.10 Å². The predicted octanol–water partition coefficient (Wildman–Crippen LogP) is 1.88. The monoisotopic (exact) mass is 293 g/mol. The van der Waals surface area contributed by atoms with Crippen molar-refractivity contribution in [3.8, 4) is 0 Å². The molecule has 0 spiro atoms. The van der Waals surface area contributed by atoms with Gasteiger partial charge in [0.05, 0.1) is 12.4 Å². The molecule has 1 fully saturated rings. The number of guanidine groups is 1. The fourth-order valence-corrected chi connectivity index (χ4v) is 2.61. The second-order valence-electron chi connectivity index (χ2n) is 5.70. The number of hydrogen-bond donors (Lipinski definition) is 2. The van der Waals surface area contributed by atoms with Crippen molar-refractivity contribution in [3.05, 3.63) is 24.2 Å². The maximum Gasteiger partial charge on any atom is 0.193 e. The van der Waals surface area contributed by atoms with Gasteiger partial charge >= 0.3 is 0 Å². The van der Waals surface area contributed by atoms with E-state index in [1.54, 1.807) is 6.26 Å². The number of nitrogens with zero attached hydrogens (tertiary/aromatic N) is 2. The number of rotatable bonds is 6. The smallest absolute Gasteiger partial charge is 0.193 e. The summed E-state index contributed by atoms with van der Waals surface area (Å²) < 4.78 is 5.34. The lowest BCUT2D eigenvalue weighted by Gasteiger charge is -2.22. The van der Waals surface area contributed by atoms with Crippen LogP contribution in [-0.2, 0) is 6.42 Å². The van der Waals surface area contributed by atoms with Gasteiger partial charge in [-0.1, -0.05) is 6.92 Å².